The van der Waals surface area contributed by atoms with E-state index in [-0.39, 0.29) is 0 Å². The summed E-state index contributed by atoms with van der Waals surface area (Å²) >= 11 is 9.47. The molecule has 0 saturated heterocycles. The van der Waals surface area contributed by atoms with Gasteiger partial charge in [0, 0.05) is 10.7 Å². The Bertz CT molecular complexity index is 563. The van der Waals surface area contributed by atoms with Gasteiger partial charge in [-0.25, -0.2) is 0 Å². The number of hydrogen-bond donors (Lipinski definition) is 1. The number of rotatable bonds is 2. The van der Waals surface area contributed by atoms with Gasteiger partial charge in [-0.2, -0.15) is 5.10 Å². The van der Waals surface area contributed by atoms with Crippen LogP contribution in [0, 0.1) is 13.8 Å². The third kappa shape index (κ3) is 2.48. The van der Waals surface area contributed by atoms with E-state index in [4.69, 9.17) is 17.3 Å². The fourth-order valence-corrected chi connectivity index (χ4v) is 2.18. The number of nitrogens with zero attached hydrogens (tertiary/aromatic N) is 2. The summed E-state index contributed by atoms with van der Waals surface area (Å²) in [7, 11) is 0. The molecule has 0 spiro atoms. The van der Waals surface area contributed by atoms with Crippen molar-refractivity contribution in [2.24, 2.45) is 0 Å². The molecule has 0 aliphatic heterocycles. The van der Waals surface area contributed by atoms with Crippen LogP contribution in [0.4, 0.5) is 5.69 Å². The highest BCUT2D eigenvalue weighted by atomic mass is 79.9. The number of nitrogens with two attached hydrogens (primary N) is 1. The summed E-state index contributed by atoms with van der Waals surface area (Å²) in [6, 6.07) is 5.48. The summed E-state index contributed by atoms with van der Waals surface area (Å²) in [6.07, 6.45) is 0. The van der Waals surface area contributed by atoms with Gasteiger partial charge >= 0.3 is 0 Å². The van der Waals surface area contributed by atoms with Gasteiger partial charge in [-0.15, -0.1) is 0 Å². The summed E-state index contributed by atoms with van der Waals surface area (Å²) in [5.74, 6) is 0. The summed E-state index contributed by atoms with van der Waals surface area (Å²) in [5.41, 5.74) is 9.70. The van der Waals surface area contributed by atoms with E-state index in [1.54, 1.807) is 6.07 Å². The van der Waals surface area contributed by atoms with Crippen molar-refractivity contribution in [2.75, 3.05) is 5.73 Å². The molecule has 1 aromatic carbocycles. The minimum atomic E-state index is 0.630. The SMILES string of the molecule is Cc1nn(Cc2cc(Cl)ccc2N)c(C)c1Br. The highest BCUT2D eigenvalue weighted by molar-refractivity contribution is 9.10. The number of aryl methyl sites for hydroxylation is 1. The molecule has 0 unspecified atom stereocenters. The molecular formula is C12H13BrClN3. The molecule has 1 heterocycles. The minimum absolute atomic E-state index is 0.630. The smallest absolute Gasteiger partial charge is 0.0738 e. The molecule has 90 valence electrons. The Morgan fingerprint density at radius 3 is 2.71 bits per heavy atom. The Morgan fingerprint density at radius 1 is 1.41 bits per heavy atom. The summed E-state index contributed by atoms with van der Waals surface area (Å²) < 4.78 is 2.96. The van der Waals surface area contributed by atoms with Gasteiger partial charge in [-0.05, 0) is 53.5 Å². The van der Waals surface area contributed by atoms with Crippen LogP contribution in [0.2, 0.25) is 5.02 Å². The van der Waals surface area contributed by atoms with Gasteiger partial charge in [0.15, 0.2) is 0 Å². The first-order valence-corrected chi connectivity index (χ1v) is 6.39. The molecule has 17 heavy (non-hydrogen) atoms. The van der Waals surface area contributed by atoms with Gasteiger partial charge in [0.2, 0.25) is 0 Å². The first-order chi connectivity index (χ1) is 7.99. The predicted octanol–water partition coefficient (Wildman–Crippen LogP) is 3.55. The monoisotopic (exact) mass is 313 g/mol. The summed E-state index contributed by atoms with van der Waals surface area (Å²) in [5, 5.41) is 5.14. The quantitative estimate of drug-likeness (QED) is 0.862. The zero-order chi connectivity index (χ0) is 12.6. The van der Waals surface area contributed by atoms with Crippen LogP contribution >= 0.6 is 27.5 Å². The van der Waals surface area contributed by atoms with Gasteiger partial charge in [-0.3, -0.25) is 4.68 Å². The molecule has 0 radical (unpaired) electrons. The van der Waals surface area contributed by atoms with E-state index in [1.807, 2.05) is 30.7 Å². The Labute approximate surface area is 114 Å². The van der Waals surface area contributed by atoms with Crippen LogP contribution in [0.15, 0.2) is 22.7 Å². The van der Waals surface area contributed by atoms with E-state index in [2.05, 4.69) is 21.0 Å². The molecule has 3 nitrogen and oxygen atoms in total. The molecule has 0 atom stereocenters. The molecule has 0 aliphatic rings. The van der Waals surface area contributed by atoms with Gasteiger partial charge in [0.25, 0.3) is 0 Å². The average Bonchev–Trinajstić information content (AvgIpc) is 2.52. The summed E-state index contributed by atoms with van der Waals surface area (Å²) in [4.78, 5) is 0. The third-order valence-corrected chi connectivity index (χ3v) is 4.10. The second-order valence-electron chi connectivity index (χ2n) is 3.99. The van der Waals surface area contributed by atoms with Crippen molar-refractivity contribution in [1.29, 1.82) is 0 Å². The van der Waals surface area contributed by atoms with Gasteiger partial charge in [0.05, 0.1) is 22.4 Å². The van der Waals surface area contributed by atoms with E-state index >= 15 is 0 Å². The van der Waals surface area contributed by atoms with Crippen LogP contribution in [-0.4, -0.2) is 9.78 Å². The largest absolute Gasteiger partial charge is 0.398 e. The van der Waals surface area contributed by atoms with Crippen molar-refractivity contribution in [2.45, 2.75) is 20.4 Å². The molecule has 0 amide bonds. The zero-order valence-corrected chi connectivity index (χ0v) is 12.0. The third-order valence-electron chi connectivity index (χ3n) is 2.72. The fourth-order valence-electron chi connectivity index (χ4n) is 1.70. The Balaban J connectivity index is 2.37. The lowest BCUT2D eigenvalue weighted by atomic mass is 10.2. The molecular weight excluding hydrogens is 302 g/mol. The maximum Gasteiger partial charge on any atom is 0.0738 e. The molecule has 2 rings (SSSR count). The number of anilines is 1. The molecule has 0 aliphatic carbocycles. The predicted molar refractivity (Wildman–Crippen MR) is 74.4 cm³/mol. The second kappa shape index (κ2) is 4.70. The topological polar surface area (TPSA) is 43.8 Å². The van der Waals surface area contributed by atoms with Crippen molar-refractivity contribution in [1.82, 2.24) is 9.78 Å². The van der Waals surface area contributed by atoms with Gasteiger partial charge < -0.3 is 5.73 Å². The highest BCUT2D eigenvalue weighted by Gasteiger charge is 2.10. The first-order valence-electron chi connectivity index (χ1n) is 5.22. The summed E-state index contributed by atoms with van der Waals surface area (Å²) in [6.45, 7) is 4.62. The van der Waals surface area contributed by atoms with Crippen LogP contribution in [0.5, 0.6) is 0 Å². The average molecular weight is 315 g/mol. The Kier molecular flexibility index (Phi) is 3.45. The van der Waals surface area contributed by atoms with Crippen molar-refractivity contribution in [3.63, 3.8) is 0 Å². The molecule has 0 saturated carbocycles. The van der Waals surface area contributed by atoms with Crippen molar-refractivity contribution in [3.8, 4) is 0 Å². The number of benzene rings is 1. The van der Waals surface area contributed by atoms with Gasteiger partial charge in [-0.1, -0.05) is 11.6 Å². The minimum Gasteiger partial charge on any atom is -0.398 e. The first kappa shape index (κ1) is 12.5. The van der Waals surface area contributed by atoms with Crippen LogP contribution < -0.4 is 5.73 Å². The Morgan fingerprint density at radius 2 is 2.12 bits per heavy atom. The maximum atomic E-state index is 5.96. The lowest BCUT2D eigenvalue weighted by molar-refractivity contribution is 0.660. The normalized spacial score (nSPS) is 10.8. The van der Waals surface area contributed by atoms with E-state index in [9.17, 15) is 0 Å². The molecule has 0 fully saturated rings. The van der Waals surface area contributed by atoms with Crippen LogP contribution in [-0.2, 0) is 6.54 Å². The van der Waals surface area contributed by atoms with Crippen molar-refractivity contribution in [3.05, 3.63) is 44.6 Å². The lowest BCUT2D eigenvalue weighted by Gasteiger charge is -2.08. The number of hydrogen-bond acceptors (Lipinski definition) is 2. The van der Waals surface area contributed by atoms with Gasteiger partial charge in [0.1, 0.15) is 0 Å². The number of aromatic nitrogens is 2. The van der Waals surface area contributed by atoms with Crippen LogP contribution in [0.1, 0.15) is 17.0 Å². The second-order valence-corrected chi connectivity index (χ2v) is 5.22. The molecule has 1 aromatic heterocycles. The van der Waals surface area contributed by atoms with E-state index in [0.717, 1.165) is 27.1 Å². The standard InChI is InChI=1S/C12H13BrClN3/c1-7-12(13)8(2)17(16-7)6-9-5-10(14)3-4-11(9)15/h3-5H,6,15H2,1-2H3. The lowest BCUT2D eigenvalue weighted by Crippen LogP contribution is -2.06. The molecule has 2 N–H and O–H groups in total. The van der Waals surface area contributed by atoms with E-state index < -0.39 is 0 Å². The van der Waals surface area contributed by atoms with Crippen LogP contribution in [0.25, 0.3) is 0 Å². The zero-order valence-electron chi connectivity index (χ0n) is 9.67. The highest BCUT2D eigenvalue weighted by Crippen LogP contribution is 2.23. The van der Waals surface area contributed by atoms with Crippen LogP contribution in [0.3, 0.4) is 0 Å². The van der Waals surface area contributed by atoms with Crippen molar-refractivity contribution < 1.29 is 0 Å². The molecule has 5 heteroatoms. The molecule has 0 bridgehead atoms. The van der Waals surface area contributed by atoms with E-state index in [1.165, 1.54) is 0 Å². The number of halogens is 2. The maximum absolute atomic E-state index is 5.96. The van der Waals surface area contributed by atoms with Crippen molar-refractivity contribution >= 4 is 33.2 Å². The van der Waals surface area contributed by atoms with E-state index in [0.29, 0.717) is 11.6 Å². The number of nitrogen functional groups attached to an aromatic ring is 1. The fraction of sp³-hybridized carbons (Fsp3) is 0.250. The Hall–Kier alpha value is -1.00. The molecule has 2 aromatic rings.